The van der Waals surface area contributed by atoms with Crippen LogP contribution in [0.5, 0.6) is 0 Å². The lowest BCUT2D eigenvalue weighted by molar-refractivity contribution is 0.0995. The zero-order valence-corrected chi connectivity index (χ0v) is 9.70. The molecular weight excluding hydrogens is 279 g/mol. The molecule has 2 N–H and O–H groups in total. The van der Waals surface area contributed by atoms with Crippen LogP contribution in [-0.2, 0) is 3.42 Å². The molecule has 0 spiro atoms. The molecule has 13 heavy (non-hydrogen) atoms. The lowest BCUT2D eigenvalue weighted by Crippen LogP contribution is -2.17. The maximum Gasteiger partial charge on any atom is 0.267 e. The minimum absolute atomic E-state index is 0.0801. The number of hydrogen-bond acceptors (Lipinski definition) is 2. The maximum atomic E-state index is 10.8. The van der Waals surface area contributed by atoms with Crippen LogP contribution in [0.4, 0.5) is 0 Å². The molecule has 0 atom stereocenters. The molecule has 0 aliphatic carbocycles. The fourth-order valence-corrected chi connectivity index (χ4v) is 1.20. The van der Waals surface area contributed by atoms with Crippen molar-refractivity contribution in [1.29, 1.82) is 0 Å². The van der Waals surface area contributed by atoms with Crippen molar-refractivity contribution in [3.8, 4) is 0 Å². The zero-order valence-electron chi connectivity index (χ0n) is 7.54. The van der Waals surface area contributed by atoms with Crippen LogP contribution >= 0.6 is 22.6 Å². The Morgan fingerprint density at radius 3 is 2.62 bits per heavy atom. The summed E-state index contributed by atoms with van der Waals surface area (Å²) in [6.07, 6.45) is 0. The Morgan fingerprint density at radius 1 is 1.54 bits per heavy atom. The molecule has 1 aromatic heterocycles. The molecule has 0 saturated carbocycles. The minimum Gasteiger partial charge on any atom is -0.364 e. The van der Waals surface area contributed by atoms with Crippen molar-refractivity contribution in [2.75, 3.05) is 0 Å². The fraction of sp³-hybridized carbons (Fsp3) is 0.333. The molecule has 1 aromatic rings. The summed E-state index contributed by atoms with van der Waals surface area (Å²) in [6, 6.07) is 5.30. The number of amides is 1. The number of nitrogens with two attached hydrogens (primary N) is 1. The average Bonchev–Trinajstić information content (AvgIpc) is 2.03. The average molecular weight is 290 g/mol. The second-order valence-corrected chi connectivity index (χ2v) is 5.94. The summed E-state index contributed by atoms with van der Waals surface area (Å²) in [4.78, 5) is 15.0. The summed E-state index contributed by atoms with van der Waals surface area (Å²) in [6.45, 7) is 4.06. The fourth-order valence-electron chi connectivity index (χ4n) is 0.903. The largest absolute Gasteiger partial charge is 0.364 e. The third kappa shape index (κ3) is 2.65. The Kier molecular flexibility index (Phi) is 2.90. The van der Waals surface area contributed by atoms with Crippen molar-refractivity contribution < 1.29 is 4.79 Å². The molecule has 1 amide bonds. The van der Waals surface area contributed by atoms with E-state index in [0.717, 1.165) is 5.69 Å². The highest BCUT2D eigenvalue weighted by Gasteiger charge is 2.18. The number of carbonyl (C=O) groups excluding carboxylic acids is 1. The van der Waals surface area contributed by atoms with Crippen molar-refractivity contribution in [1.82, 2.24) is 4.98 Å². The van der Waals surface area contributed by atoms with Gasteiger partial charge in [0, 0.05) is 0 Å². The highest BCUT2D eigenvalue weighted by molar-refractivity contribution is 14.1. The van der Waals surface area contributed by atoms with Crippen molar-refractivity contribution in [3.63, 3.8) is 0 Å². The predicted molar refractivity (Wildman–Crippen MR) is 59.8 cm³/mol. The third-order valence-corrected chi connectivity index (χ3v) is 2.16. The van der Waals surface area contributed by atoms with Gasteiger partial charge < -0.3 is 5.73 Å². The van der Waals surface area contributed by atoms with Crippen LogP contribution in [0.15, 0.2) is 18.2 Å². The minimum atomic E-state index is -0.484. The molecule has 1 rings (SSSR count). The Bertz CT molecular complexity index is 331. The van der Waals surface area contributed by atoms with Gasteiger partial charge in [-0.15, -0.1) is 0 Å². The normalized spacial score (nSPS) is 11.3. The van der Waals surface area contributed by atoms with Crippen LogP contribution in [0, 0.1) is 0 Å². The topological polar surface area (TPSA) is 56.0 Å². The molecule has 0 radical (unpaired) electrons. The Hall–Kier alpha value is -0.650. The first-order valence-electron chi connectivity index (χ1n) is 3.87. The van der Waals surface area contributed by atoms with E-state index < -0.39 is 5.91 Å². The number of alkyl halides is 1. The van der Waals surface area contributed by atoms with E-state index in [-0.39, 0.29) is 3.42 Å². The van der Waals surface area contributed by atoms with E-state index in [1.54, 1.807) is 12.1 Å². The SMILES string of the molecule is CC(C)(I)c1cccc(C(N)=O)n1. The summed E-state index contributed by atoms with van der Waals surface area (Å²) >= 11 is 2.27. The van der Waals surface area contributed by atoms with Gasteiger partial charge in [0.2, 0.25) is 0 Å². The summed E-state index contributed by atoms with van der Waals surface area (Å²) in [5.74, 6) is -0.484. The van der Waals surface area contributed by atoms with Crippen LogP contribution in [0.2, 0.25) is 0 Å². The van der Waals surface area contributed by atoms with E-state index in [1.165, 1.54) is 0 Å². The van der Waals surface area contributed by atoms with Gasteiger partial charge in [-0.1, -0.05) is 28.7 Å². The monoisotopic (exact) mass is 290 g/mol. The molecule has 0 fully saturated rings. The first-order valence-corrected chi connectivity index (χ1v) is 4.95. The molecule has 0 bridgehead atoms. The number of nitrogens with zero attached hydrogens (tertiary/aromatic N) is 1. The molecule has 70 valence electrons. The predicted octanol–water partition coefficient (Wildman–Crippen LogP) is 1.85. The van der Waals surface area contributed by atoms with Crippen molar-refractivity contribution in [2.45, 2.75) is 17.3 Å². The standard InChI is InChI=1S/C9H11IN2O/c1-9(2,10)7-5-3-4-6(12-7)8(11)13/h3-5H,1-2H3,(H2,11,13). The number of hydrogen-bond donors (Lipinski definition) is 1. The lowest BCUT2D eigenvalue weighted by atomic mass is 10.1. The van der Waals surface area contributed by atoms with E-state index in [2.05, 4.69) is 27.6 Å². The number of carbonyl (C=O) groups is 1. The van der Waals surface area contributed by atoms with Gasteiger partial charge in [-0.3, -0.25) is 4.79 Å². The lowest BCUT2D eigenvalue weighted by Gasteiger charge is -2.15. The molecule has 0 saturated heterocycles. The van der Waals surface area contributed by atoms with Crippen LogP contribution in [0.1, 0.15) is 30.0 Å². The van der Waals surface area contributed by atoms with Gasteiger partial charge in [-0.25, -0.2) is 4.98 Å². The highest BCUT2D eigenvalue weighted by Crippen LogP contribution is 2.28. The smallest absolute Gasteiger partial charge is 0.267 e. The molecular formula is C9H11IN2O. The molecule has 0 aliphatic heterocycles. The number of halogens is 1. The van der Waals surface area contributed by atoms with Crippen LogP contribution in [-0.4, -0.2) is 10.9 Å². The maximum absolute atomic E-state index is 10.8. The van der Waals surface area contributed by atoms with Crippen LogP contribution in [0.25, 0.3) is 0 Å². The van der Waals surface area contributed by atoms with E-state index in [0.29, 0.717) is 5.69 Å². The number of pyridine rings is 1. The Labute approximate surface area is 90.9 Å². The number of aromatic nitrogens is 1. The van der Waals surface area contributed by atoms with Crippen molar-refractivity contribution in [3.05, 3.63) is 29.6 Å². The molecule has 3 nitrogen and oxygen atoms in total. The Balaban J connectivity index is 3.13. The molecule has 1 heterocycles. The van der Waals surface area contributed by atoms with Gasteiger partial charge in [0.25, 0.3) is 5.91 Å². The third-order valence-electron chi connectivity index (χ3n) is 1.61. The molecule has 0 unspecified atom stereocenters. The van der Waals surface area contributed by atoms with Crippen LogP contribution < -0.4 is 5.73 Å². The van der Waals surface area contributed by atoms with E-state index >= 15 is 0 Å². The highest BCUT2D eigenvalue weighted by atomic mass is 127. The number of primary amides is 1. The van der Waals surface area contributed by atoms with Gasteiger partial charge in [0.1, 0.15) is 5.69 Å². The molecule has 0 aliphatic rings. The first-order chi connectivity index (χ1) is 5.91. The van der Waals surface area contributed by atoms with Gasteiger partial charge in [-0.2, -0.15) is 0 Å². The summed E-state index contributed by atoms with van der Waals surface area (Å²) in [5.41, 5.74) is 6.31. The molecule has 4 heteroatoms. The van der Waals surface area contributed by atoms with Gasteiger partial charge in [0.15, 0.2) is 0 Å². The first kappa shape index (κ1) is 10.4. The van der Waals surface area contributed by atoms with Crippen LogP contribution in [0.3, 0.4) is 0 Å². The van der Waals surface area contributed by atoms with Crippen molar-refractivity contribution >= 4 is 28.5 Å². The summed E-state index contributed by atoms with van der Waals surface area (Å²) in [7, 11) is 0. The van der Waals surface area contributed by atoms with E-state index in [1.807, 2.05) is 19.9 Å². The van der Waals surface area contributed by atoms with E-state index in [4.69, 9.17) is 5.73 Å². The van der Waals surface area contributed by atoms with Gasteiger partial charge in [0.05, 0.1) is 9.12 Å². The molecule has 0 aromatic carbocycles. The Morgan fingerprint density at radius 2 is 2.15 bits per heavy atom. The second kappa shape index (κ2) is 3.61. The zero-order chi connectivity index (χ0) is 10.1. The van der Waals surface area contributed by atoms with Gasteiger partial charge >= 0.3 is 0 Å². The number of rotatable bonds is 2. The summed E-state index contributed by atoms with van der Waals surface area (Å²) < 4.78 is -0.0801. The quantitative estimate of drug-likeness (QED) is 0.667. The summed E-state index contributed by atoms with van der Waals surface area (Å²) in [5, 5.41) is 0. The second-order valence-electron chi connectivity index (χ2n) is 3.24. The van der Waals surface area contributed by atoms with E-state index in [9.17, 15) is 4.79 Å². The van der Waals surface area contributed by atoms with Crippen molar-refractivity contribution in [2.24, 2.45) is 5.73 Å². The van der Waals surface area contributed by atoms with Gasteiger partial charge in [-0.05, 0) is 26.0 Å².